The molecule has 0 aromatic heterocycles. The van der Waals surface area contributed by atoms with Gasteiger partial charge in [0, 0.05) is 25.3 Å². The fourth-order valence-electron chi connectivity index (χ4n) is 5.04. The standard InChI is InChI=1S/C25H27F2NO5S/c1-25(8-3-9-25)33-24(29)28-12-18-19(13-28)20(18)14-32-23-21(26)10-16(11-22(23)27)15-4-6-17(7-5-15)34(2,30)31/h4-7,10-11,18-20H,3,8-9,12-14H2,1-2H3/t18-,19?,20?/m0/s1. The predicted molar refractivity (Wildman–Crippen MR) is 121 cm³/mol. The van der Waals surface area contributed by atoms with Gasteiger partial charge in [-0.3, -0.25) is 0 Å². The van der Waals surface area contributed by atoms with E-state index in [1.165, 1.54) is 36.4 Å². The van der Waals surface area contributed by atoms with Crippen LogP contribution in [-0.2, 0) is 14.6 Å². The Balaban J connectivity index is 1.17. The number of fused-ring (bicyclic) bond motifs is 1. The molecule has 1 saturated heterocycles. The van der Waals surface area contributed by atoms with Gasteiger partial charge in [0.25, 0.3) is 0 Å². The Morgan fingerprint density at radius 1 is 1.06 bits per heavy atom. The third kappa shape index (κ3) is 4.37. The van der Waals surface area contributed by atoms with E-state index in [0.29, 0.717) is 24.2 Å². The Labute approximate surface area is 197 Å². The van der Waals surface area contributed by atoms with E-state index in [4.69, 9.17) is 9.47 Å². The quantitative estimate of drug-likeness (QED) is 0.587. The predicted octanol–water partition coefficient (Wildman–Crippen LogP) is 4.67. The van der Waals surface area contributed by atoms with Crippen molar-refractivity contribution in [1.82, 2.24) is 4.90 Å². The first-order chi connectivity index (χ1) is 16.0. The van der Waals surface area contributed by atoms with Gasteiger partial charge in [-0.1, -0.05) is 12.1 Å². The molecule has 2 unspecified atom stereocenters. The van der Waals surface area contributed by atoms with Crippen molar-refractivity contribution in [3.63, 3.8) is 0 Å². The summed E-state index contributed by atoms with van der Waals surface area (Å²) in [6.07, 6.45) is 3.71. The Kier molecular flexibility index (Phi) is 5.58. The molecule has 2 aromatic carbocycles. The van der Waals surface area contributed by atoms with E-state index in [1.807, 2.05) is 6.92 Å². The van der Waals surface area contributed by atoms with Crippen molar-refractivity contribution in [3.8, 4) is 16.9 Å². The number of likely N-dealkylation sites (tertiary alicyclic amines) is 1. The van der Waals surface area contributed by atoms with Gasteiger partial charge in [-0.2, -0.15) is 0 Å². The number of piperidine rings is 1. The lowest BCUT2D eigenvalue weighted by Crippen LogP contribution is -2.43. The maximum absolute atomic E-state index is 14.7. The van der Waals surface area contributed by atoms with Crippen molar-refractivity contribution in [2.45, 2.75) is 36.7 Å². The lowest BCUT2D eigenvalue weighted by molar-refractivity contribution is -0.0470. The van der Waals surface area contributed by atoms with Gasteiger partial charge >= 0.3 is 6.09 Å². The van der Waals surface area contributed by atoms with Gasteiger partial charge in [-0.15, -0.1) is 0 Å². The summed E-state index contributed by atoms with van der Waals surface area (Å²) in [7, 11) is -3.35. The summed E-state index contributed by atoms with van der Waals surface area (Å²) in [5, 5.41) is 0. The molecule has 182 valence electrons. The number of hydrogen-bond acceptors (Lipinski definition) is 5. The molecule has 0 spiro atoms. The molecule has 6 nitrogen and oxygen atoms in total. The smallest absolute Gasteiger partial charge is 0.410 e. The highest BCUT2D eigenvalue weighted by Crippen LogP contribution is 2.52. The lowest BCUT2D eigenvalue weighted by Gasteiger charge is -2.38. The summed E-state index contributed by atoms with van der Waals surface area (Å²) in [6, 6.07) is 8.20. The van der Waals surface area contributed by atoms with Crippen LogP contribution < -0.4 is 4.74 Å². The Morgan fingerprint density at radius 3 is 2.15 bits per heavy atom. The first kappa shape index (κ1) is 23.1. The summed E-state index contributed by atoms with van der Waals surface area (Å²) in [6.45, 7) is 3.31. The summed E-state index contributed by atoms with van der Waals surface area (Å²) < 4.78 is 63.7. The largest absolute Gasteiger partial charge is 0.487 e. The van der Waals surface area contributed by atoms with E-state index in [0.717, 1.165) is 25.5 Å². The number of ether oxygens (including phenoxy) is 2. The minimum Gasteiger partial charge on any atom is -0.487 e. The third-order valence-electron chi connectivity index (χ3n) is 7.41. The van der Waals surface area contributed by atoms with Crippen LogP contribution in [-0.4, -0.2) is 51.0 Å². The average Bonchev–Trinajstić information content (AvgIpc) is 3.19. The van der Waals surface area contributed by atoms with E-state index in [9.17, 15) is 22.0 Å². The number of carbonyl (C=O) groups excluding carboxylic acids is 1. The minimum absolute atomic E-state index is 0.135. The van der Waals surface area contributed by atoms with Crippen LogP contribution in [0.4, 0.5) is 13.6 Å². The highest BCUT2D eigenvalue weighted by molar-refractivity contribution is 7.90. The van der Waals surface area contributed by atoms with Crippen LogP contribution in [0.2, 0.25) is 0 Å². The van der Waals surface area contributed by atoms with E-state index in [2.05, 4.69) is 0 Å². The van der Waals surface area contributed by atoms with Gasteiger partial charge in [0.05, 0.1) is 11.5 Å². The molecule has 3 atom stereocenters. The van der Waals surface area contributed by atoms with Gasteiger partial charge in [-0.25, -0.2) is 22.0 Å². The van der Waals surface area contributed by atoms with Crippen molar-refractivity contribution in [2.24, 2.45) is 17.8 Å². The molecule has 1 aliphatic heterocycles. The highest BCUT2D eigenvalue weighted by atomic mass is 32.2. The Bertz CT molecular complexity index is 1190. The number of halogens is 2. The molecule has 1 amide bonds. The second-order valence-electron chi connectivity index (χ2n) is 9.94. The summed E-state index contributed by atoms with van der Waals surface area (Å²) in [5.74, 6) is -1.36. The topological polar surface area (TPSA) is 72.9 Å². The fraction of sp³-hybridized carbons (Fsp3) is 0.480. The van der Waals surface area contributed by atoms with Crippen molar-refractivity contribution < 1.29 is 31.5 Å². The zero-order chi connectivity index (χ0) is 24.3. The number of benzene rings is 2. The molecular formula is C25H27F2NO5S. The zero-order valence-corrected chi connectivity index (χ0v) is 19.9. The molecule has 0 radical (unpaired) electrons. The molecule has 3 aliphatic rings. The third-order valence-corrected chi connectivity index (χ3v) is 8.54. The van der Waals surface area contributed by atoms with E-state index < -0.39 is 27.2 Å². The molecule has 34 heavy (non-hydrogen) atoms. The van der Waals surface area contributed by atoms with Crippen LogP contribution >= 0.6 is 0 Å². The molecule has 2 aromatic rings. The van der Waals surface area contributed by atoms with Gasteiger partial charge in [-0.05, 0) is 73.4 Å². The van der Waals surface area contributed by atoms with E-state index in [1.54, 1.807) is 4.90 Å². The average molecular weight is 492 g/mol. The minimum atomic E-state index is -3.35. The SMILES string of the molecule is CC1(OC(=O)N2CC3C(COc4c(F)cc(-c5ccc(S(C)(=O)=O)cc5)cc4F)[C@H]3C2)CCC1. The van der Waals surface area contributed by atoms with E-state index >= 15 is 0 Å². The highest BCUT2D eigenvalue weighted by Gasteiger charge is 2.57. The monoisotopic (exact) mass is 491 g/mol. The molecule has 5 rings (SSSR count). The van der Waals surface area contributed by atoms with Crippen molar-refractivity contribution in [1.29, 1.82) is 0 Å². The zero-order valence-electron chi connectivity index (χ0n) is 19.1. The molecule has 0 bridgehead atoms. The molecule has 2 saturated carbocycles. The van der Waals surface area contributed by atoms with Gasteiger partial charge in [0.2, 0.25) is 0 Å². The van der Waals surface area contributed by atoms with Crippen molar-refractivity contribution in [3.05, 3.63) is 48.0 Å². The number of sulfone groups is 1. The Hall–Kier alpha value is -2.68. The van der Waals surface area contributed by atoms with Gasteiger partial charge < -0.3 is 14.4 Å². The van der Waals surface area contributed by atoms with Crippen LogP contribution in [0.1, 0.15) is 26.2 Å². The second-order valence-corrected chi connectivity index (χ2v) is 12.0. The maximum Gasteiger partial charge on any atom is 0.410 e. The molecule has 0 N–H and O–H groups in total. The summed E-state index contributed by atoms with van der Waals surface area (Å²) in [4.78, 5) is 14.2. The first-order valence-corrected chi connectivity index (χ1v) is 13.3. The number of nitrogens with zero attached hydrogens (tertiary/aromatic N) is 1. The molecule has 3 fully saturated rings. The van der Waals surface area contributed by atoms with Crippen molar-refractivity contribution in [2.75, 3.05) is 26.0 Å². The van der Waals surface area contributed by atoms with Gasteiger partial charge in [0.1, 0.15) is 5.60 Å². The number of hydrogen-bond donors (Lipinski definition) is 0. The first-order valence-electron chi connectivity index (χ1n) is 11.4. The van der Waals surface area contributed by atoms with Crippen LogP contribution in [0.25, 0.3) is 11.1 Å². The number of rotatable bonds is 6. The van der Waals surface area contributed by atoms with Crippen LogP contribution in [0.5, 0.6) is 5.75 Å². The number of amides is 1. The molecule has 9 heteroatoms. The van der Waals surface area contributed by atoms with E-state index in [-0.39, 0.29) is 41.0 Å². The summed E-state index contributed by atoms with van der Waals surface area (Å²) >= 11 is 0. The van der Waals surface area contributed by atoms with Crippen LogP contribution in [0, 0.1) is 29.4 Å². The van der Waals surface area contributed by atoms with Gasteiger partial charge in [0.15, 0.2) is 27.2 Å². The summed E-state index contributed by atoms with van der Waals surface area (Å²) in [5.41, 5.74) is 0.458. The van der Waals surface area contributed by atoms with Crippen molar-refractivity contribution >= 4 is 15.9 Å². The lowest BCUT2D eigenvalue weighted by atomic mass is 9.82. The second kappa shape index (κ2) is 8.22. The molecule has 2 aliphatic carbocycles. The molecule has 1 heterocycles. The fourth-order valence-corrected chi connectivity index (χ4v) is 5.67. The number of carbonyl (C=O) groups is 1. The van der Waals surface area contributed by atoms with Crippen LogP contribution in [0.15, 0.2) is 41.3 Å². The van der Waals surface area contributed by atoms with Crippen LogP contribution in [0.3, 0.4) is 0 Å². The Morgan fingerprint density at radius 2 is 1.65 bits per heavy atom. The molecular weight excluding hydrogens is 464 g/mol. The normalized spacial score (nSPS) is 24.8. The maximum atomic E-state index is 14.7.